The fourth-order valence-electron chi connectivity index (χ4n) is 6.24. The second-order valence-electron chi connectivity index (χ2n) is 11.8. The third-order valence-corrected chi connectivity index (χ3v) is 8.83. The van der Waals surface area contributed by atoms with Crippen LogP contribution in [-0.4, -0.2) is 61.5 Å². The zero-order valence-corrected chi connectivity index (χ0v) is 23.5. The quantitative estimate of drug-likeness (QED) is 0.317. The summed E-state index contributed by atoms with van der Waals surface area (Å²) in [4.78, 5) is 20.9. The first-order valence-electron chi connectivity index (χ1n) is 14.9. The first kappa shape index (κ1) is 27.2. The third kappa shape index (κ3) is 7.15. The molecular weight excluding hydrogens is 442 g/mol. The fraction of sp³-hybridized carbons (Fsp3) is 0.688. The van der Waals surface area contributed by atoms with Crippen molar-refractivity contribution < 1.29 is 4.79 Å². The molecule has 0 bridgehead atoms. The van der Waals surface area contributed by atoms with E-state index in [1.54, 1.807) is 0 Å². The summed E-state index contributed by atoms with van der Waals surface area (Å²) < 4.78 is 0. The van der Waals surface area contributed by atoms with Gasteiger partial charge in [-0.05, 0) is 86.9 Å². The molecule has 1 aromatic rings. The maximum atomic E-state index is 13.6. The molecule has 1 aliphatic heterocycles. The number of anilines is 1. The van der Waals surface area contributed by atoms with E-state index in [4.69, 9.17) is 0 Å². The highest BCUT2D eigenvalue weighted by atomic mass is 16.2. The van der Waals surface area contributed by atoms with Crippen LogP contribution in [-0.2, 0) is 0 Å². The average Bonchev–Trinajstić information content (AvgIpc) is 3.74. The average molecular weight is 493 g/mol. The van der Waals surface area contributed by atoms with Crippen LogP contribution in [0.5, 0.6) is 0 Å². The molecule has 0 aromatic heterocycles. The molecule has 0 N–H and O–H groups in total. The van der Waals surface area contributed by atoms with Crippen LogP contribution in [0.1, 0.15) is 101 Å². The highest BCUT2D eigenvalue weighted by molar-refractivity contribution is 5.95. The molecule has 0 atom stereocenters. The minimum absolute atomic E-state index is 0.205. The van der Waals surface area contributed by atoms with Gasteiger partial charge in [-0.1, -0.05) is 51.8 Å². The van der Waals surface area contributed by atoms with Gasteiger partial charge in [0.15, 0.2) is 0 Å². The predicted molar refractivity (Wildman–Crippen MR) is 153 cm³/mol. The summed E-state index contributed by atoms with van der Waals surface area (Å²) >= 11 is 0. The Bertz CT molecular complexity index is 875. The molecule has 1 heterocycles. The van der Waals surface area contributed by atoms with Gasteiger partial charge in [0.25, 0.3) is 5.91 Å². The van der Waals surface area contributed by atoms with E-state index < -0.39 is 0 Å². The zero-order chi connectivity index (χ0) is 25.5. The lowest BCUT2D eigenvalue weighted by atomic mass is 9.74. The number of benzene rings is 1. The monoisotopic (exact) mass is 492 g/mol. The van der Waals surface area contributed by atoms with Gasteiger partial charge in [-0.15, -0.1) is 0 Å². The van der Waals surface area contributed by atoms with Crippen molar-refractivity contribution in [1.29, 1.82) is 0 Å². The molecule has 1 saturated carbocycles. The number of amides is 1. The summed E-state index contributed by atoms with van der Waals surface area (Å²) in [5.74, 6) is 2.49. The number of carbonyl (C=O) groups is 1. The molecule has 0 spiro atoms. The number of carbonyl (C=O) groups excluding carboxylic acids is 1. The Kier molecular flexibility index (Phi) is 9.93. The molecule has 2 aliphatic carbocycles. The van der Waals surface area contributed by atoms with E-state index in [0.717, 1.165) is 69.5 Å². The second-order valence-corrected chi connectivity index (χ2v) is 11.8. The topological polar surface area (TPSA) is 26.8 Å². The molecule has 199 valence electrons. The summed E-state index contributed by atoms with van der Waals surface area (Å²) in [6.07, 6.45) is 14.1. The lowest BCUT2D eigenvalue weighted by molar-refractivity contribution is 0.0758. The minimum atomic E-state index is 0.205. The molecule has 4 heteroatoms. The molecule has 4 rings (SSSR count). The van der Waals surface area contributed by atoms with Crippen molar-refractivity contribution in [2.75, 3.05) is 50.7 Å². The van der Waals surface area contributed by atoms with E-state index in [1.165, 1.54) is 61.9 Å². The smallest absolute Gasteiger partial charge is 0.253 e. The third-order valence-electron chi connectivity index (χ3n) is 8.83. The molecule has 4 nitrogen and oxygen atoms in total. The number of nitrogens with zero attached hydrogens (tertiary/aromatic N) is 3. The van der Waals surface area contributed by atoms with Crippen molar-refractivity contribution in [2.24, 2.45) is 11.8 Å². The minimum Gasteiger partial charge on any atom is -0.369 e. The number of hydrogen-bond acceptors (Lipinski definition) is 3. The molecule has 3 aliphatic rings. The van der Waals surface area contributed by atoms with Crippen molar-refractivity contribution in [3.63, 3.8) is 0 Å². The molecule has 1 radical (unpaired) electrons. The highest BCUT2D eigenvalue weighted by Crippen LogP contribution is 2.42. The standard InChI is InChI=1S/C32H50N3O/c1-5-7-18-33-20-22-34(23-21-33)31-24-29(32(36)35(17-6-2)19-16-26-8-9-26)14-15-30(31)28-12-10-27(11-13-28)25(3)4/h8-9,14-15,24-25,27-28H,5-7,10-13,16-23H2,1-4H3. The first-order valence-corrected chi connectivity index (χ1v) is 14.9. The lowest BCUT2D eigenvalue weighted by Gasteiger charge is -2.39. The molecule has 2 fully saturated rings. The van der Waals surface area contributed by atoms with Gasteiger partial charge in [0.05, 0.1) is 0 Å². The van der Waals surface area contributed by atoms with Crippen LogP contribution < -0.4 is 4.90 Å². The zero-order valence-electron chi connectivity index (χ0n) is 23.5. The SMILES string of the molecule is CCCCN1CCN(c2cc(C(=O)N(CCC)CCC3=C[CH]3)ccc2C2CCC(C(C)C)CC2)CC1. The van der Waals surface area contributed by atoms with Gasteiger partial charge in [0, 0.05) is 56.9 Å². The highest BCUT2D eigenvalue weighted by Gasteiger charge is 2.29. The van der Waals surface area contributed by atoms with Gasteiger partial charge < -0.3 is 9.80 Å². The summed E-state index contributed by atoms with van der Waals surface area (Å²) in [6.45, 7) is 16.5. The fourth-order valence-corrected chi connectivity index (χ4v) is 6.24. The van der Waals surface area contributed by atoms with Gasteiger partial charge in [-0.2, -0.15) is 0 Å². The second kappa shape index (κ2) is 13.1. The van der Waals surface area contributed by atoms with Crippen molar-refractivity contribution >= 4 is 11.6 Å². The molecule has 1 saturated heterocycles. The summed E-state index contributed by atoms with van der Waals surface area (Å²) in [5, 5.41) is 0. The maximum Gasteiger partial charge on any atom is 0.253 e. The van der Waals surface area contributed by atoms with E-state index in [1.807, 2.05) is 0 Å². The van der Waals surface area contributed by atoms with Crippen LogP contribution in [0, 0.1) is 18.3 Å². The number of hydrogen-bond donors (Lipinski definition) is 0. The Hall–Kier alpha value is -1.81. The Morgan fingerprint density at radius 3 is 2.33 bits per heavy atom. The number of rotatable bonds is 12. The Morgan fingerprint density at radius 2 is 1.72 bits per heavy atom. The van der Waals surface area contributed by atoms with Gasteiger partial charge in [-0.3, -0.25) is 9.69 Å². The maximum absolute atomic E-state index is 13.6. The summed E-state index contributed by atoms with van der Waals surface area (Å²) in [5.41, 5.74) is 5.10. The molecule has 1 amide bonds. The van der Waals surface area contributed by atoms with Crippen LogP contribution in [0.2, 0.25) is 0 Å². The summed E-state index contributed by atoms with van der Waals surface area (Å²) in [6, 6.07) is 6.73. The molecule has 0 unspecified atom stereocenters. The van der Waals surface area contributed by atoms with E-state index >= 15 is 0 Å². The van der Waals surface area contributed by atoms with Crippen LogP contribution >= 0.6 is 0 Å². The van der Waals surface area contributed by atoms with E-state index in [9.17, 15) is 4.79 Å². The number of piperazine rings is 1. The molecule has 1 aromatic carbocycles. The van der Waals surface area contributed by atoms with Crippen LogP contribution in [0.15, 0.2) is 29.8 Å². The van der Waals surface area contributed by atoms with E-state index in [2.05, 4.69) is 73.1 Å². The number of allylic oxidation sites excluding steroid dienone is 1. The van der Waals surface area contributed by atoms with Crippen molar-refractivity contribution in [3.05, 3.63) is 47.4 Å². The van der Waals surface area contributed by atoms with Crippen molar-refractivity contribution in [1.82, 2.24) is 9.80 Å². The van der Waals surface area contributed by atoms with Crippen LogP contribution in [0.4, 0.5) is 5.69 Å². The first-order chi connectivity index (χ1) is 17.5. The molecular formula is C32H50N3O. The van der Waals surface area contributed by atoms with Gasteiger partial charge in [0.2, 0.25) is 0 Å². The Morgan fingerprint density at radius 1 is 1.00 bits per heavy atom. The predicted octanol–water partition coefficient (Wildman–Crippen LogP) is 6.93. The Balaban J connectivity index is 1.53. The Labute approximate surface area is 221 Å². The van der Waals surface area contributed by atoms with Crippen molar-refractivity contribution in [2.45, 2.75) is 85.0 Å². The van der Waals surface area contributed by atoms with E-state index in [-0.39, 0.29) is 5.91 Å². The van der Waals surface area contributed by atoms with Gasteiger partial charge in [0.1, 0.15) is 0 Å². The van der Waals surface area contributed by atoms with Crippen LogP contribution in [0.3, 0.4) is 0 Å². The normalized spacial score (nSPS) is 22.6. The summed E-state index contributed by atoms with van der Waals surface area (Å²) in [7, 11) is 0. The van der Waals surface area contributed by atoms with Crippen molar-refractivity contribution in [3.8, 4) is 0 Å². The number of unbranched alkanes of at least 4 members (excludes halogenated alkanes) is 1. The van der Waals surface area contributed by atoms with Gasteiger partial charge >= 0.3 is 0 Å². The van der Waals surface area contributed by atoms with Crippen LogP contribution in [0.25, 0.3) is 0 Å². The van der Waals surface area contributed by atoms with E-state index in [0.29, 0.717) is 5.92 Å². The lowest BCUT2D eigenvalue weighted by Crippen LogP contribution is -2.47. The molecule has 36 heavy (non-hydrogen) atoms. The largest absolute Gasteiger partial charge is 0.369 e. The van der Waals surface area contributed by atoms with Gasteiger partial charge in [-0.25, -0.2) is 0 Å².